The number of rotatable bonds is 4. The molecule has 94 valence electrons. The lowest BCUT2D eigenvalue weighted by molar-refractivity contribution is 0.150. The van der Waals surface area contributed by atoms with Crippen LogP contribution in [0.15, 0.2) is 18.2 Å². The molecule has 1 N–H and O–H groups in total. The van der Waals surface area contributed by atoms with Crippen LogP contribution < -0.4 is 10.1 Å². The largest absolute Gasteiger partial charge is 0.497 e. The second-order valence-electron chi connectivity index (χ2n) is 4.36. The molecule has 17 heavy (non-hydrogen) atoms. The van der Waals surface area contributed by atoms with Crippen molar-refractivity contribution < 1.29 is 13.5 Å². The average molecular weight is 241 g/mol. The van der Waals surface area contributed by atoms with Gasteiger partial charge < -0.3 is 10.1 Å². The maximum atomic E-state index is 12.9. The maximum absolute atomic E-state index is 12.9. The smallest absolute Gasteiger partial charge is 0.264 e. The van der Waals surface area contributed by atoms with E-state index in [9.17, 15) is 8.78 Å². The lowest BCUT2D eigenvalue weighted by atomic mass is 9.99. The third kappa shape index (κ3) is 2.94. The summed E-state index contributed by atoms with van der Waals surface area (Å²) in [6.07, 6.45) is 0.410. The summed E-state index contributed by atoms with van der Waals surface area (Å²) >= 11 is 0. The zero-order valence-corrected chi connectivity index (χ0v) is 9.88. The minimum Gasteiger partial charge on any atom is -0.497 e. The summed E-state index contributed by atoms with van der Waals surface area (Å²) in [7, 11) is 1.55. The fraction of sp³-hybridized carbons (Fsp3) is 0.538. The fourth-order valence-electron chi connectivity index (χ4n) is 2.30. The summed E-state index contributed by atoms with van der Waals surface area (Å²) in [4.78, 5) is 0. The number of halogens is 2. The van der Waals surface area contributed by atoms with Crippen molar-refractivity contribution >= 4 is 0 Å². The Bertz CT molecular complexity index is 376. The van der Waals surface area contributed by atoms with E-state index in [1.165, 1.54) is 6.07 Å². The van der Waals surface area contributed by atoms with Gasteiger partial charge in [0.25, 0.3) is 6.43 Å². The van der Waals surface area contributed by atoms with Crippen molar-refractivity contribution in [2.24, 2.45) is 0 Å². The number of methoxy groups -OCH3 is 1. The van der Waals surface area contributed by atoms with Gasteiger partial charge in [-0.2, -0.15) is 0 Å². The molecule has 0 bridgehead atoms. The second-order valence-corrected chi connectivity index (χ2v) is 4.36. The first-order valence-corrected chi connectivity index (χ1v) is 5.89. The van der Waals surface area contributed by atoms with Crippen molar-refractivity contribution in [3.05, 3.63) is 29.3 Å². The molecule has 1 atom stereocenters. The molecule has 1 unspecified atom stereocenters. The molecule has 1 saturated heterocycles. The van der Waals surface area contributed by atoms with Crippen molar-refractivity contribution in [2.45, 2.75) is 31.7 Å². The highest BCUT2D eigenvalue weighted by molar-refractivity contribution is 5.37. The van der Waals surface area contributed by atoms with Crippen molar-refractivity contribution in [2.75, 3.05) is 13.7 Å². The molecule has 4 heteroatoms. The topological polar surface area (TPSA) is 21.3 Å². The van der Waals surface area contributed by atoms with Gasteiger partial charge in [-0.25, -0.2) is 8.78 Å². The van der Waals surface area contributed by atoms with E-state index in [1.807, 2.05) is 0 Å². The molecule has 1 fully saturated rings. The van der Waals surface area contributed by atoms with Gasteiger partial charge in [-0.3, -0.25) is 0 Å². The molecular formula is C13H17F2NO. The summed E-state index contributed by atoms with van der Waals surface area (Å²) < 4.78 is 30.8. The Labute approximate surface area is 100.0 Å². The Morgan fingerprint density at radius 1 is 1.47 bits per heavy atom. The predicted molar refractivity (Wildman–Crippen MR) is 62.7 cm³/mol. The molecule has 0 radical (unpaired) electrons. The lowest BCUT2D eigenvalue weighted by Crippen LogP contribution is -2.24. The third-order valence-electron chi connectivity index (χ3n) is 3.21. The Morgan fingerprint density at radius 3 is 2.88 bits per heavy atom. The highest BCUT2D eigenvalue weighted by atomic mass is 19.3. The third-order valence-corrected chi connectivity index (χ3v) is 3.21. The predicted octanol–water partition coefficient (Wildman–Crippen LogP) is 2.93. The molecule has 1 aromatic rings. The summed E-state index contributed by atoms with van der Waals surface area (Å²) in [6.45, 7) is 0.985. The molecule has 1 aliphatic rings. The first kappa shape index (κ1) is 12.3. The van der Waals surface area contributed by atoms with Crippen LogP contribution in [0.4, 0.5) is 8.78 Å². The van der Waals surface area contributed by atoms with Gasteiger partial charge in [0.1, 0.15) is 5.75 Å². The molecule has 0 spiro atoms. The highest BCUT2D eigenvalue weighted by Gasteiger charge is 2.19. The van der Waals surface area contributed by atoms with Crippen molar-refractivity contribution in [1.82, 2.24) is 5.32 Å². The van der Waals surface area contributed by atoms with Gasteiger partial charge in [0.05, 0.1) is 7.11 Å². The van der Waals surface area contributed by atoms with E-state index in [0.717, 1.165) is 19.4 Å². The van der Waals surface area contributed by atoms with Gasteiger partial charge in [0, 0.05) is 11.6 Å². The molecule has 1 aliphatic heterocycles. The van der Waals surface area contributed by atoms with E-state index in [2.05, 4.69) is 5.32 Å². The van der Waals surface area contributed by atoms with E-state index in [0.29, 0.717) is 23.8 Å². The summed E-state index contributed by atoms with van der Waals surface area (Å²) in [5.41, 5.74) is 0.818. The first-order valence-electron chi connectivity index (χ1n) is 5.89. The van der Waals surface area contributed by atoms with Crippen LogP contribution in [-0.2, 0) is 6.42 Å². The van der Waals surface area contributed by atoms with Crippen LogP contribution in [0.5, 0.6) is 5.75 Å². The maximum Gasteiger partial charge on any atom is 0.264 e. The highest BCUT2D eigenvalue weighted by Crippen LogP contribution is 2.28. The van der Waals surface area contributed by atoms with Crippen LogP contribution in [0.3, 0.4) is 0 Å². The van der Waals surface area contributed by atoms with Gasteiger partial charge in [-0.1, -0.05) is 0 Å². The molecule has 1 heterocycles. The van der Waals surface area contributed by atoms with Crippen molar-refractivity contribution in [3.63, 3.8) is 0 Å². The second kappa shape index (κ2) is 5.45. The van der Waals surface area contributed by atoms with Gasteiger partial charge in [-0.15, -0.1) is 0 Å². The van der Waals surface area contributed by atoms with Crippen LogP contribution in [-0.4, -0.2) is 19.7 Å². The minimum atomic E-state index is -2.42. The van der Waals surface area contributed by atoms with Crippen molar-refractivity contribution in [3.8, 4) is 5.75 Å². The molecule has 1 aromatic carbocycles. The fourth-order valence-corrected chi connectivity index (χ4v) is 2.30. The van der Waals surface area contributed by atoms with E-state index in [1.54, 1.807) is 19.2 Å². The molecular weight excluding hydrogens is 224 g/mol. The normalized spacial score (nSPS) is 19.9. The molecule has 0 aromatic heterocycles. The zero-order valence-electron chi connectivity index (χ0n) is 9.88. The number of hydrogen-bond acceptors (Lipinski definition) is 2. The van der Waals surface area contributed by atoms with Crippen LogP contribution >= 0.6 is 0 Å². The monoisotopic (exact) mass is 241 g/mol. The lowest BCUT2D eigenvalue weighted by Gasteiger charge is -2.15. The molecule has 2 rings (SSSR count). The molecule has 0 amide bonds. The molecule has 2 nitrogen and oxygen atoms in total. The standard InChI is InChI=1S/C13H17F2NO/c1-17-11-4-5-12(13(14)15)9(8-11)7-10-3-2-6-16-10/h4-5,8,10,13,16H,2-3,6-7H2,1H3. The van der Waals surface area contributed by atoms with Crippen LogP contribution in [0.1, 0.15) is 30.4 Å². The number of nitrogens with one attached hydrogen (secondary N) is 1. The minimum absolute atomic E-state index is 0.125. The Kier molecular flexibility index (Phi) is 3.94. The Balaban J connectivity index is 2.21. The number of ether oxygens (including phenoxy) is 1. The van der Waals surface area contributed by atoms with Gasteiger partial charge in [-0.05, 0) is 49.6 Å². The average Bonchev–Trinajstić information content (AvgIpc) is 2.81. The summed E-state index contributed by atoms with van der Waals surface area (Å²) in [5, 5.41) is 3.32. The molecule has 0 aliphatic carbocycles. The van der Waals surface area contributed by atoms with Crippen LogP contribution in [0.25, 0.3) is 0 Å². The quantitative estimate of drug-likeness (QED) is 0.875. The number of benzene rings is 1. The van der Waals surface area contributed by atoms with E-state index < -0.39 is 6.43 Å². The summed E-state index contributed by atoms with van der Waals surface area (Å²) in [6, 6.07) is 5.10. The van der Waals surface area contributed by atoms with Crippen molar-refractivity contribution in [1.29, 1.82) is 0 Å². The number of alkyl halides is 2. The Morgan fingerprint density at radius 2 is 2.29 bits per heavy atom. The molecule has 0 saturated carbocycles. The Hall–Kier alpha value is -1.16. The number of hydrogen-bond donors (Lipinski definition) is 1. The van der Waals surface area contributed by atoms with Gasteiger partial charge >= 0.3 is 0 Å². The van der Waals surface area contributed by atoms with E-state index in [4.69, 9.17) is 4.74 Å². The SMILES string of the molecule is COc1ccc(C(F)F)c(CC2CCCN2)c1. The van der Waals surface area contributed by atoms with E-state index >= 15 is 0 Å². The first-order chi connectivity index (χ1) is 8.20. The van der Waals surface area contributed by atoms with Gasteiger partial charge in [0.15, 0.2) is 0 Å². The summed E-state index contributed by atoms with van der Waals surface area (Å²) in [5.74, 6) is 0.641. The zero-order chi connectivity index (χ0) is 12.3. The van der Waals surface area contributed by atoms with Crippen LogP contribution in [0.2, 0.25) is 0 Å². The van der Waals surface area contributed by atoms with Crippen LogP contribution in [0, 0.1) is 0 Å². The van der Waals surface area contributed by atoms with Gasteiger partial charge in [0.2, 0.25) is 0 Å². The van der Waals surface area contributed by atoms with E-state index in [-0.39, 0.29) is 5.56 Å².